The summed E-state index contributed by atoms with van der Waals surface area (Å²) in [4.78, 5) is 0. The lowest BCUT2D eigenvalue weighted by Crippen LogP contribution is -1.79. The molecular formula is C7H13O. The molecule has 0 aromatic carbocycles. The minimum Gasteiger partial charge on any atom is -0.295 e. The lowest BCUT2D eigenvalue weighted by molar-refractivity contribution is 0.293. The first kappa shape index (κ1) is 7.54. The fourth-order valence-corrected chi connectivity index (χ4v) is 0.551. The topological polar surface area (TPSA) is 19.9 Å². The summed E-state index contributed by atoms with van der Waals surface area (Å²) in [7, 11) is 0. The Balaban J connectivity index is 3.62. The minimum absolute atomic E-state index is 0.229. The summed E-state index contributed by atoms with van der Waals surface area (Å²) < 4.78 is 0. The molecule has 0 amide bonds. The molecule has 47 valence electrons. The van der Waals surface area contributed by atoms with Crippen molar-refractivity contribution in [2.75, 3.05) is 0 Å². The molecule has 0 aliphatic carbocycles. The van der Waals surface area contributed by atoms with E-state index in [0.717, 1.165) is 18.4 Å². The van der Waals surface area contributed by atoms with E-state index in [2.05, 4.69) is 6.92 Å². The average molecular weight is 113 g/mol. The average Bonchev–Trinajstić information content (AvgIpc) is 1.67. The van der Waals surface area contributed by atoms with Gasteiger partial charge in [0.05, 0.1) is 0 Å². The summed E-state index contributed by atoms with van der Waals surface area (Å²) in [6, 6.07) is 0. The van der Waals surface area contributed by atoms with Gasteiger partial charge < -0.3 is 0 Å². The second-order valence-corrected chi connectivity index (χ2v) is 2.09. The Morgan fingerprint density at radius 2 is 1.88 bits per heavy atom. The van der Waals surface area contributed by atoms with Gasteiger partial charge in [0, 0.05) is 0 Å². The van der Waals surface area contributed by atoms with E-state index in [1.165, 1.54) is 0 Å². The van der Waals surface area contributed by atoms with Crippen LogP contribution < -0.4 is 0 Å². The third-order valence-corrected chi connectivity index (χ3v) is 1.23. The van der Waals surface area contributed by atoms with Crippen molar-refractivity contribution in [2.24, 2.45) is 0 Å². The van der Waals surface area contributed by atoms with Crippen LogP contribution in [0, 0.1) is 0 Å². The molecule has 0 unspecified atom stereocenters. The van der Waals surface area contributed by atoms with Crippen molar-refractivity contribution in [3.05, 3.63) is 11.3 Å². The molecule has 0 aliphatic rings. The van der Waals surface area contributed by atoms with Gasteiger partial charge in [0.1, 0.15) is 0 Å². The highest BCUT2D eigenvalue weighted by Gasteiger charge is 1.92. The highest BCUT2D eigenvalue weighted by molar-refractivity contribution is 5.00. The Labute approximate surface area is 51.0 Å². The molecular weight excluding hydrogens is 100 g/mol. The van der Waals surface area contributed by atoms with Crippen LogP contribution in [-0.4, -0.2) is 0 Å². The van der Waals surface area contributed by atoms with Crippen molar-refractivity contribution in [3.63, 3.8) is 0 Å². The van der Waals surface area contributed by atoms with Gasteiger partial charge in [0.15, 0.2) is 5.76 Å². The van der Waals surface area contributed by atoms with Crippen molar-refractivity contribution >= 4 is 0 Å². The van der Waals surface area contributed by atoms with E-state index in [1.807, 2.05) is 6.92 Å². The highest BCUT2D eigenvalue weighted by atomic mass is 16.3. The van der Waals surface area contributed by atoms with E-state index in [0.29, 0.717) is 0 Å². The van der Waals surface area contributed by atoms with Crippen molar-refractivity contribution in [1.82, 2.24) is 0 Å². The Morgan fingerprint density at radius 3 is 2.00 bits per heavy atom. The van der Waals surface area contributed by atoms with Crippen LogP contribution in [0.1, 0.15) is 33.6 Å². The fraction of sp³-hybridized carbons (Fsp3) is 0.714. The van der Waals surface area contributed by atoms with Gasteiger partial charge in [0.2, 0.25) is 0 Å². The summed E-state index contributed by atoms with van der Waals surface area (Å²) in [5, 5.41) is 10.5. The quantitative estimate of drug-likeness (QED) is 0.490. The summed E-state index contributed by atoms with van der Waals surface area (Å²) >= 11 is 0. The molecule has 0 bridgehead atoms. The number of allylic oxidation sites excluding steroid dienone is 2. The van der Waals surface area contributed by atoms with Gasteiger partial charge in [-0.3, -0.25) is 5.11 Å². The lowest BCUT2D eigenvalue weighted by Gasteiger charge is -1.93. The van der Waals surface area contributed by atoms with E-state index >= 15 is 0 Å². The van der Waals surface area contributed by atoms with Gasteiger partial charge in [-0.2, -0.15) is 0 Å². The van der Waals surface area contributed by atoms with Crippen molar-refractivity contribution < 1.29 is 5.11 Å². The second kappa shape index (κ2) is 3.53. The minimum atomic E-state index is 0.229. The molecule has 0 N–H and O–H groups in total. The summed E-state index contributed by atoms with van der Waals surface area (Å²) in [5.41, 5.74) is 0.993. The molecule has 0 atom stereocenters. The first-order valence-corrected chi connectivity index (χ1v) is 3.01. The highest BCUT2D eigenvalue weighted by Crippen LogP contribution is 2.06. The van der Waals surface area contributed by atoms with Crippen LogP contribution in [0.3, 0.4) is 0 Å². The molecule has 0 fully saturated rings. The van der Waals surface area contributed by atoms with Crippen LogP contribution in [0.2, 0.25) is 0 Å². The van der Waals surface area contributed by atoms with E-state index in [1.54, 1.807) is 6.92 Å². The molecule has 0 aromatic heterocycles. The SMILES string of the molecule is CCC/C(C)=C(\C)[O]. The predicted molar refractivity (Wildman–Crippen MR) is 34.0 cm³/mol. The maximum atomic E-state index is 10.5. The number of hydrogen-bond donors (Lipinski definition) is 0. The van der Waals surface area contributed by atoms with Crippen LogP contribution in [0.4, 0.5) is 0 Å². The Morgan fingerprint density at radius 1 is 1.38 bits per heavy atom. The summed E-state index contributed by atoms with van der Waals surface area (Å²) in [6.45, 7) is 5.59. The zero-order valence-corrected chi connectivity index (χ0v) is 5.82. The zero-order chi connectivity index (χ0) is 6.57. The maximum Gasteiger partial charge on any atom is 0.151 e. The van der Waals surface area contributed by atoms with Crippen molar-refractivity contribution in [2.45, 2.75) is 33.6 Å². The van der Waals surface area contributed by atoms with Crippen LogP contribution in [0.5, 0.6) is 0 Å². The molecule has 1 heteroatoms. The number of rotatable bonds is 2. The van der Waals surface area contributed by atoms with E-state index in [4.69, 9.17) is 0 Å². The van der Waals surface area contributed by atoms with Crippen LogP contribution >= 0.6 is 0 Å². The molecule has 0 aromatic rings. The van der Waals surface area contributed by atoms with Crippen LogP contribution in [-0.2, 0) is 5.11 Å². The Kier molecular flexibility index (Phi) is 3.33. The van der Waals surface area contributed by atoms with Gasteiger partial charge in [-0.15, -0.1) is 0 Å². The summed E-state index contributed by atoms with van der Waals surface area (Å²) in [6.07, 6.45) is 2.03. The molecule has 1 nitrogen and oxygen atoms in total. The molecule has 0 saturated heterocycles. The normalized spacial score (nSPS) is 13.4. The monoisotopic (exact) mass is 113 g/mol. The zero-order valence-electron chi connectivity index (χ0n) is 5.82. The molecule has 0 heterocycles. The largest absolute Gasteiger partial charge is 0.295 e. The van der Waals surface area contributed by atoms with Crippen molar-refractivity contribution in [1.29, 1.82) is 0 Å². The third-order valence-electron chi connectivity index (χ3n) is 1.23. The van der Waals surface area contributed by atoms with Crippen LogP contribution in [0.25, 0.3) is 0 Å². The first-order valence-electron chi connectivity index (χ1n) is 3.01. The van der Waals surface area contributed by atoms with Gasteiger partial charge >= 0.3 is 0 Å². The Hall–Kier alpha value is -0.460. The maximum absolute atomic E-state index is 10.5. The lowest BCUT2D eigenvalue weighted by atomic mass is 10.1. The molecule has 1 radical (unpaired) electrons. The standard InChI is InChI=1S/C7H13O/c1-4-5-6(2)7(3)8/h4-5H2,1-3H3/b7-6+. The van der Waals surface area contributed by atoms with Gasteiger partial charge in [-0.05, 0) is 25.8 Å². The molecule has 8 heavy (non-hydrogen) atoms. The third kappa shape index (κ3) is 2.67. The smallest absolute Gasteiger partial charge is 0.151 e. The van der Waals surface area contributed by atoms with Gasteiger partial charge in [-0.1, -0.05) is 13.3 Å². The van der Waals surface area contributed by atoms with Gasteiger partial charge in [0.25, 0.3) is 0 Å². The molecule has 0 spiro atoms. The first-order chi connectivity index (χ1) is 3.68. The second-order valence-electron chi connectivity index (χ2n) is 2.09. The predicted octanol–water partition coefficient (Wildman–Crippen LogP) is 2.51. The van der Waals surface area contributed by atoms with E-state index in [-0.39, 0.29) is 5.76 Å². The fourth-order valence-electron chi connectivity index (χ4n) is 0.551. The molecule has 0 aliphatic heterocycles. The number of hydrogen-bond acceptors (Lipinski definition) is 0. The van der Waals surface area contributed by atoms with Crippen LogP contribution in [0.15, 0.2) is 11.3 Å². The molecule has 0 rings (SSSR count). The molecule has 0 saturated carbocycles. The van der Waals surface area contributed by atoms with E-state index < -0.39 is 0 Å². The summed E-state index contributed by atoms with van der Waals surface area (Å²) in [5.74, 6) is 0.229. The Bertz CT molecular complexity index is 88.6. The van der Waals surface area contributed by atoms with Crippen molar-refractivity contribution in [3.8, 4) is 0 Å². The van der Waals surface area contributed by atoms with E-state index in [9.17, 15) is 5.11 Å². The van der Waals surface area contributed by atoms with Gasteiger partial charge in [-0.25, -0.2) is 0 Å².